The van der Waals surface area contributed by atoms with Crippen LogP contribution in [0, 0.1) is 0 Å². The summed E-state index contributed by atoms with van der Waals surface area (Å²) in [6.45, 7) is 8.40. The SMILES string of the molecule is CCCCCCCCCCCCCCCC(=O)Nc1cccc(C(=O)Nc2cc(-c3nn4nc(C(C)(C)C)c(Cl)c4[nH]3)ccc2OC)c1. The summed E-state index contributed by atoms with van der Waals surface area (Å²) in [6.07, 6.45) is 17.0. The van der Waals surface area contributed by atoms with E-state index in [9.17, 15) is 9.59 Å². The van der Waals surface area contributed by atoms with Crippen molar-refractivity contribution in [2.75, 3.05) is 17.7 Å². The first kappa shape index (κ1) is 37.0. The molecule has 0 aliphatic heterocycles. The fourth-order valence-electron chi connectivity index (χ4n) is 5.82. The van der Waals surface area contributed by atoms with Gasteiger partial charge in [0, 0.05) is 28.7 Å². The number of aromatic amines is 1. The highest BCUT2D eigenvalue weighted by atomic mass is 35.5. The predicted molar refractivity (Wildman–Crippen MR) is 196 cm³/mol. The van der Waals surface area contributed by atoms with E-state index in [1.54, 1.807) is 43.5 Å². The van der Waals surface area contributed by atoms with Crippen LogP contribution in [-0.4, -0.2) is 38.7 Å². The number of carbonyl (C=O) groups is 2. The fourth-order valence-corrected chi connectivity index (χ4v) is 6.26. The van der Waals surface area contributed by atoms with E-state index in [0.717, 1.165) is 24.1 Å². The lowest BCUT2D eigenvalue weighted by molar-refractivity contribution is -0.116. The van der Waals surface area contributed by atoms with E-state index >= 15 is 0 Å². The third kappa shape index (κ3) is 10.6. The van der Waals surface area contributed by atoms with E-state index in [1.165, 1.54) is 75.3 Å². The summed E-state index contributed by atoms with van der Waals surface area (Å²) >= 11 is 6.62. The molecule has 0 atom stereocenters. The van der Waals surface area contributed by atoms with Crippen molar-refractivity contribution < 1.29 is 14.3 Å². The summed E-state index contributed by atoms with van der Waals surface area (Å²) < 4.78 is 7.02. The molecule has 0 bridgehead atoms. The van der Waals surface area contributed by atoms with Crippen molar-refractivity contribution in [1.82, 2.24) is 19.8 Å². The number of nitrogens with zero attached hydrogens (tertiary/aromatic N) is 3. The molecule has 0 saturated heterocycles. The highest BCUT2D eigenvalue weighted by molar-refractivity contribution is 6.34. The van der Waals surface area contributed by atoms with Crippen LogP contribution in [-0.2, 0) is 10.2 Å². The second-order valence-electron chi connectivity index (χ2n) is 13.7. The summed E-state index contributed by atoms with van der Waals surface area (Å²) in [7, 11) is 1.55. The zero-order valence-electron chi connectivity index (χ0n) is 29.4. The lowest BCUT2D eigenvalue weighted by Crippen LogP contribution is -2.15. The van der Waals surface area contributed by atoms with Crippen LogP contribution >= 0.6 is 11.6 Å². The Morgan fingerprint density at radius 3 is 2.10 bits per heavy atom. The molecule has 10 heteroatoms. The second-order valence-corrected chi connectivity index (χ2v) is 14.1. The summed E-state index contributed by atoms with van der Waals surface area (Å²) in [4.78, 5) is 29.2. The quantitative estimate of drug-likeness (QED) is 0.0855. The van der Waals surface area contributed by atoms with Crippen molar-refractivity contribution in [3.8, 4) is 17.1 Å². The van der Waals surface area contributed by atoms with Gasteiger partial charge in [0.15, 0.2) is 11.5 Å². The largest absolute Gasteiger partial charge is 0.495 e. The van der Waals surface area contributed by atoms with Crippen LogP contribution in [0.25, 0.3) is 17.0 Å². The molecule has 2 amide bonds. The van der Waals surface area contributed by atoms with Gasteiger partial charge in [-0.05, 0) is 42.8 Å². The first-order valence-corrected chi connectivity index (χ1v) is 18.0. The molecule has 48 heavy (non-hydrogen) atoms. The Kier molecular flexibility index (Phi) is 13.9. The van der Waals surface area contributed by atoms with Crippen LogP contribution in [0.4, 0.5) is 11.4 Å². The molecule has 0 aliphatic carbocycles. The number of hydrogen-bond donors (Lipinski definition) is 3. The normalized spacial score (nSPS) is 11.6. The van der Waals surface area contributed by atoms with Crippen LogP contribution in [0.2, 0.25) is 5.02 Å². The molecule has 4 aromatic rings. The molecule has 0 saturated carbocycles. The van der Waals surface area contributed by atoms with Crippen molar-refractivity contribution >= 4 is 40.4 Å². The van der Waals surface area contributed by atoms with Crippen LogP contribution in [0.3, 0.4) is 0 Å². The van der Waals surface area contributed by atoms with Crippen molar-refractivity contribution in [3.05, 3.63) is 58.7 Å². The fraction of sp³-hybridized carbons (Fsp3) is 0.526. The first-order valence-electron chi connectivity index (χ1n) is 17.7. The van der Waals surface area contributed by atoms with Crippen molar-refractivity contribution in [2.24, 2.45) is 0 Å². The summed E-state index contributed by atoms with van der Waals surface area (Å²) in [5.41, 5.74) is 3.34. The third-order valence-electron chi connectivity index (χ3n) is 8.59. The minimum atomic E-state index is -0.329. The number of fused-ring (bicyclic) bond motifs is 1. The Labute approximate surface area is 290 Å². The number of amides is 2. The monoisotopic (exact) mass is 676 g/mol. The van der Waals surface area contributed by atoms with E-state index in [1.807, 2.05) is 26.8 Å². The average Bonchev–Trinajstić information content (AvgIpc) is 3.62. The molecule has 0 fully saturated rings. The van der Waals surface area contributed by atoms with Gasteiger partial charge in [0.25, 0.3) is 5.91 Å². The van der Waals surface area contributed by atoms with Crippen LogP contribution in [0.15, 0.2) is 42.5 Å². The van der Waals surface area contributed by atoms with Crippen molar-refractivity contribution in [3.63, 3.8) is 0 Å². The number of carbonyl (C=O) groups excluding carboxylic acids is 2. The van der Waals surface area contributed by atoms with Gasteiger partial charge in [-0.2, -0.15) is 5.10 Å². The Morgan fingerprint density at radius 2 is 1.50 bits per heavy atom. The Hall–Kier alpha value is -3.85. The van der Waals surface area contributed by atoms with Crippen molar-refractivity contribution in [1.29, 1.82) is 0 Å². The number of benzene rings is 2. The topological polar surface area (TPSA) is 113 Å². The van der Waals surface area contributed by atoms with Gasteiger partial charge in [-0.15, -0.1) is 9.73 Å². The molecule has 0 unspecified atom stereocenters. The van der Waals surface area contributed by atoms with Gasteiger partial charge in [-0.3, -0.25) is 9.59 Å². The minimum absolute atomic E-state index is 0.0375. The highest BCUT2D eigenvalue weighted by Crippen LogP contribution is 2.34. The molecule has 0 spiro atoms. The molecule has 3 N–H and O–H groups in total. The van der Waals surface area contributed by atoms with E-state index < -0.39 is 0 Å². The Bertz CT molecular complexity index is 1640. The number of ether oxygens (including phenoxy) is 1. The number of unbranched alkanes of at least 4 members (excludes halogenated alkanes) is 12. The van der Waals surface area contributed by atoms with Gasteiger partial charge in [0.05, 0.1) is 18.5 Å². The van der Waals surface area contributed by atoms with E-state index in [2.05, 4.69) is 32.7 Å². The number of rotatable bonds is 19. The molecule has 2 heterocycles. The van der Waals surface area contributed by atoms with Crippen LogP contribution in [0.5, 0.6) is 5.75 Å². The predicted octanol–water partition coefficient (Wildman–Crippen LogP) is 10.4. The molecular formula is C38H53ClN6O3. The molecule has 0 radical (unpaired) electrons. The van der Waals surface area contributed by atoms with Gasteiger partial charge in [-0.1, -0.05) is 122 Å². The van der Waals surface area contributed by atoms with Gasteiger partial charge in [0.2, 0.25) is 5.91 Å². The molecule has 0 aliphatic rings. The van der Waals surface area contributed by atoms with Gasteiger partial charge in [-0.25, -0.2) is 0 Å². The molecule has 4 rings (SSSR count). The zero-order valence-corrected chi connectivity index (χ0v) is 30.1. The van der Waals surface area contributed by atoms with Gasteiger partial charge < -0.3 is 20.4 Å². The molecule has 260 valence electrons. The number of anilines is 2. The van der Waals surface area contributed by atoms with E-state index in [-0.39, 0.29) is 17.2 Å². The summed E-state index contributed by atoms with van der Waals surface area (Å²) in [5.74, 6) is 0.680. The van der Waals surface area contributed by atoms with E-state index in [4.69, 9.17) is 16.3 Å². The maximum atomic E-state index is 13.3. The number of methoxy groups -OCH3 is 1. The number of nitrogens with one attached hydrogen (secondary N) is 3. The average molecular weight is 677 g/mol. The summed E-state index contributed by atoms with van der Waals surface area (Å²) in [6, 6.07) is 12.4. The smallest absolute Gasteiger partial charge is 0.255 e. The maximum absolute atomic E-state index is 13.3. The number of halogens is 1. The lowest BCUT2D eigenvalue weighted by Gasteiger charge is -2.14. The second kappa shape index (κ2) is 18.1. The molecule has 9 nitrogen and oxygen atoms in total. The number of H-pyrrole nitrogens is 1. The molecular weight excluding hydrogens is 624 g/mol. The van der Waals surface area contributed by atoms with E-state index in [0.29, 0.717) is 45.6 Å². The molecule has 2 aromatic heterocycles. The highest BCUT2D eigenvalue weighted by Gasteiger charge is 2.25. The maximum Gasteiger partial charge on any atom is 0.255 e. The summed E-state index contributed by atoms with van der Waals surface area (Å²) in [5, 5.41) is 15.6. The number of hydrogen-bond acceptors (Lipinski definition) is 5. The standard InChI is InChI=1S/C38H53ClN6O3/c1-6-7-8-9-10-11-12-13-14-15-16-17-18-22-32(46)40-29-21-19-20-28(25-29)37(47)41-30-26-27(23-24-31(30)48-5)35-42-36-33(39)34(38(2,3)4)43-45(36)44-35/h19-21,23-26H,6-18,22H2,1-5H3,(H,40,46)(H,41,47)(H,42,44). The minimum Gasteiger partial charge on any atom is -0.495 e. The number of aromatic nitrogens is 4. The Morgan fingerprint density at radius 1 is 0.854 bits per heavy atom. The van der Waals surface area contributed by atoms with Crippen LogP contribution < -0.4 is 15.4 Å². The first-order chi connectivity index (χ1) is 23.1. The molecule has 2 aromatic carbocycles. The van der Waals surface area contributed by atoms with Gasteiger partial charge in [0.1, 0.15) is 10.8 Å². The third-order valence-corrected chi connectivity index (χ3v) is 8.95. The van der Waals surface area contributed by atoms with Gasteiger partial charge >= 0.3 is 0 Å². The van der Waals surface area contributed by atoms with Crippen molar-refractivity contribution in [2.45, 2.75) is 123 Å². The van der Waals surface area contributed by atoms with Crippen LogP contribution in [0.1, 0.15) is 134 Å². The Balaban J connectivity index is 1.25. The lowest BCUT2D eigenvalue weighted by atomic mass is 9.92. The zero-order chi connectivity index (χ0) is 34.5.